The summed E-state index contributed by atoms with van der Waals surface area (Å²) in [4.78, 5) is 0. The van der Waals surface area contributed by atoms with E-state index in [4.69, 9.17) is 0 Å². The van der Waals surface area contributed by atoms with Gasteiger partial charge >= 0.3 is 21.7 Å². The Hall–Kier alpha value is -0.846. The van der Waals surface area contributed by atoms with Crippen LogP contribution in [-0.2, 0) is 21.7 Å². The van der Waals surface area contributed by atoms with E-state index in [0.717, 1.165) is 6.42 Å². The molecule has 0 N–H and O–H groups in total. The zero-order valence-electron chi connectivity index (χ0n) is 7.98. The predicted molar refractivity (Wildman–Crippen MR) is 56.8 cm³/mol. The minimum absolute atomic E-state index is 0. The van der Waals surface area contributed by atoms with Gasteiger partial charge in [-0.1, -0.05) is 6.08 Å². The summed E-state index contributed by atoms with van der Waals surface area (Å²) in [6.45, 7) is 0. The van der Waals surface area contributed by atoms with Crippen LogP contribution in [0.15, 0.2) is 60.8 Å². The van der Waals surface area contributed by atoms with Gasteiger partial charge in [-0.05, 0) is 0 Å². The fourth-order valence-corrected chi connectivity index (χ4v) is 0.810. The van der Waals surface area contributed by atoms with E-state index in [0.29, 0.717) is 0 Å². The molecule has 14 heavy (non-hydrogen) atoms. The molecule has 0 amide bonds. The first-order valence-corrected chi connectivity index (χ1v) is 4.29. The van der Waals surface area contributed by atoms with E-state index < -0.39 is 0 Å². The third kappa shape index (κ3) is 7.79. The van der Waals surface area contributed by atoms with Crippen LogP contribution in [0.3, 0.4) is 0 Å². The minimum Gasteiger partial charge on any atom is -0.273 e. The second-order valence-corrected chi connectivity index (χ2v) is 2.47. The molecule has 0 unspecified atom stereocenters. The van der Waals surface area contributed by atoms with E-state index in [2.05, 4.69) is 18.2 Å². The summed E-state index contributed by atoms with van der Waals surface area (Å²) in [6.07, 6.45) is 26.5. The Kier molecular flexibility index (Phi) is 9.62. The summed E-state index contributed by atoms with van der Waals surface area (Å²) in [5, 5.41) is 0. The molecule has 0 spiro atoms. The Balaban J connectivity index is 0.000000246. The van der Waals surface area contributed by atoms with Gasteiger partial charge in [0.1, 0.15) is 0 Å². The van der Waals surface area contributed by atoms with Crippen LogP contribution in [0.5, 0.6) is 0 Å². The molecule has 0 saturated heterocycles. The van der Waals surface area contributed by atoms with Gasteiger partial charge in [-0.2, -0.15) is 36.5 Å². The van der Waals surface area contributed by atoms with E-state index in [1.54, 1.807) is 0 Å². The number of allylic oxidation sites excluding steroid dienone is 12. The first-order chi connectivity index (χ1) is 6.50. The van der Waals surface area contributed by atoms with Gasteiger partial charge in [0.05, 0.1) is 0 Å². The zero-order chi connectivity index (χ0) is 9.19. The van der Waals surface area contributed by atoms with Gasteiger partial charge in [0.25, 0.3) is 0 Å². The monoisotopic (exact) mass is 216 g/mol. The predicted octanol–water partition coefficient (Wildman–Crippen LogP) is 3.33. The van der Waals surface area contributed by atoms with Crippen LogP contribution in [0.2, 0.25) is 0 Å². The standard InChI is InChI=1S/C8H7.C5H5.Ti/c1-2-4-6-8-7-5-3-1;1-2-4-5-3-1;/h1-7H;1-3H,4H2;/q2*-1;+2. The van der Waals surface area contributed by atoms with Gasteiger partial charge in [0.2, 0.25) is 0 Å². The molecule has 0 heterocycles. The molecule has 0 aromatic carbocycles. The van der Waals surface area contributed by atoms with Crippen LogP contribution in [0.4, 0.5) is 0 Å². The van der Waals surface area contributed by atoms with Crippen LogP contribution >= 0.6 is 0 Å². The molecular formula is C13H12Ti. The van der Waals surface area contributed by atoms with Crippen LogP contribution in [0, 0.1) is 12.2 Å². The van der Waals surface area contributed by atoms with Gasteiger partial charge in [-0.25, -0.2) is 12.2 Å². The topological polar surface area (TPSA) is 0 Å². The van der Waals surface area contributed by atoms with Crippen molar-refractivity contribution in [2.75, 3.05) is 0 Å². The van der Waals surface area contributed by atoms with Gasteiger partial charge in [0.15, 0.2) is 0 Å². The zero-order valence-corrected chi connectivity index (χ0v) is 9.54. The molecule has 0 saturated carbocycles. The summed E-state index contributed by atoms with van der Waals surface area (Å²) in [5.41, 5.74) is 0. The van der Waals surface area contributed by atoms with Crippen molar-refractivity contribution in [2.24, 2.45) is 0 Å². The largest absolute Gasteiger partial charge is 2.00 e. The summed E-state index contributed by atoms with van der Waals surface area (Å²) in [7, 11) is 0. The van der Waals surface area contributed by atoms with Crippen molar-refractivity contribution in [2.45, 2.75) is 6.42 Å². The van der Waals surface area contributed by atoms with Crippen molar-refractivity contribution < 1.29 is 21.7 Å². The fraction of sp³-hybridized carbons (Fsp3) is 0.0769. The molecular weight excluding hydrogens is 204 g/mol. The molecule has 0 bridgehead atoms. The van der Waals surface area contributed by atoms with Gasteiger partial charge in [-0.3, -0.25) is 6.08 Å². The van der Waals surface area contributed by atoms with Crippen LogP contribution < -0.4 is 0 Å². The van der Waals surface area contributed by atoms with E-state index in [1.165, 1.54) is 0 Å². The smallest absolute Gasteiger partial charge is 0.273 e. The molecule has 0 radical (unpaired) electrons. The molecule has 0 aromatic heterocycles. The third-order valence-corrected chi connectivity index (χ3v) is 1.42. The Morgan fingerprint density at radius 2 is 1.57 bits per heavy atom. The molecule has 0 aromatic rings. The molecule has 0 nitrogen and oxygen atoms in total. The fourth-order valence-electron chi connectivity index (χ4n) is 0.810. The summed E-state index contributed by atoms with van der Waals surface area (Å²) < 4.78 is 0. The first-order valence-electron chi connectivity index (χ1n) is 4.29. The maximum atomic E-state index is 2.99. The average molecular weight is 216 g/mol. The van der Waals surface area contributed by atoms with E-state index >= 15 is 0 Å². The Bertz CT molecular complexity index is 222. The maximum absolute atomic E-state index is 2.99. The minimum atomic E-state index is 0. The Morgan fingerprint density at radius 3 is 2.21 bits per heavy atom. The molecule has 0 aliphatic heterocycles. The molecule has 2 rings (SSSR count). The summed E-state index contributed by atoms with van der Waals surface area (Å²) in [6, 6.07) is 0. The van der Waals surface area contributed by atoms with Crippen LogP contribution in [0.25, 0.3) is 0 Å². The van der Waals surface area contributed by atoms with E-state index in [9.17, 15) is 0 Å². The Labute approximate surface area is 101 Å². The Morgan fingerprint density at radius 1 is 0.786 bits per heavy atom. The van der Waals surface area contributed by atoms with Crippen molar-refractivity contribution in [3.63, 3.8) is 0 Å². The molecule has 68 valence electrons. The quantitative estimate of drug-likeness (QED) is 0.430. The molecule has 0 fully saturated rings. The van der Waals surface area contributed by atoms with Crippen molar-refractivity contribution >= 4 is 0 Å². The average Bonchev–Trinajstić information content (AvgIpc) is 2.58. The first kappa shape index (κ1) is 13.2. The maximum Gasteiger partial charge on any atom is 2.00 e. The third-order valence-electron chi connectivity index (χ3n) is 1.42. The molecule has 1 heteroatoms. The van der Waals surface area contributed by atoms with E-state index in [1.807, 2.05) is 54.7 Å². The second-order valence-electron chi connectivity index (χ2n) is 2.47. The molecule has 0 atom stereocenters. The summed E-state index contributed by atoms with van der Waals surface area (Å²) in [5.74, 6) is 0. The second kappa shape index (κ2) is 10.2. The van der Waals surface area contributed by atoms with Gasteiger partial charge in [-0.15, -0.1) is 18.6 Å². The van der Waals surface area contributed by atoms with Crippen molar-refractivity contribution in [1.29, 1.82) is 0 Å². The number of hydrogen-bond acceptors (Lipinski definition) is 0. The van der Waals surface area contributed by atoms with Gasteiger partial charge in [0, 0.05) is 0 Å². The normalized spacial score (nSPS) is 15.4. The van der Waals surface area contributed by atoms with E-state index in [-0.39, 0.29) is 21.7 Å². The number of rotatable bonds is 0. The van der Waals surface area contributed by atoms with Crippen molar-refractivity contribution in [1.82, 2.24) is 0 Å². The van der Waals surface area contributed by atoms with Crippen molar-refractivity contribution in [3.8, 4) is 0 Å². The van der Waals surface area contributed by atoms with Crippen molar-refractivity contribution in [3.05, 3.63) is 72.9 Å². The van der Waals surface area contributed by atoms with Crippen LogP contribution in [-0.4, -0.2) is 0 Å². The molecule has 2 aliphatic rings. The number of hydrogen-bond donors (Lipinski definition) is 0. The molecule has 2 aliphatic carbocycles. The van der Waals surface area contributed by atoms with Crippen LogP contribution in [0.1, 0.15) is 6.42 Å². The SMILES string of the molecule is [C-]1=CC=CC1.[C-]1=CC=CC=CC=C1.[Ti+2]. The summed E-state index contributed by atoms with van der Waals surface area (Å²) >= 11 is 0. The van der Waals surface area contributed by atoms with Gasteiger partial charge < -0.3 is 0 Å².